The molecule has 0 saturated carbocycles. The maximum Gasteiger partial charge on any atom is 0.336 e. The van der Waals surface area contributed by atoms with Gasteiger partial charge in [-0.25, -0.2) is 4.79 Å². The molecule has 0 N–H and O–H groups in total. The van der Waals surface area contributed by atoms with Gasteiger partial charge in [0.2, 0.25) is 5.91 Å². The largest absolute Gasteiger partial charge is 0.463 e. The lowest BCUT2D eigenvalue weighted by Gasteiger charge is -2.34. The van der Waals surface area contributed by atoms with Crippen LogP contribution in [0.25, 0.3) is 0 Å². The highest BCUT2D eigenvalue weighted by molar-refractivity contribution is 6.30. The van der Waals surface area contributed by atoms with Gasteiger partial charge in [-0.15, -0.1) is 0 Å². The summed E-state index contributed by atoms with van der Waals surface area (Å²) in [7, 11) is 0. The molecule has 0 spiro atoms. The lowest BCUT2D eigenvalue weighted by Crippen LogP contribution is -2.39. The van der Waals surface area contributed by atoms with E-state index in [1.807, 2.05) is 47.4 Å². The average molecular weight is 585 g/mol. The first-order chi connectivity index (χ1) is 20.3. The fourth-order valence-electron chi connectivity index (χ4n) is 6.09. The highest BCUT2D eigenvalue weighted by Crippen LogP contribution is 2.38. The fourth-order valence-corrected chi connectivity index (χ4v) is 6.29. The van der Waals surface area contributed by atoms with Crippen LogP contribution in [0.5, 0.6) is 0 Å². The summed E-state index contributed by atoms with van der Waals surface area (Å²) in [5.41, 5.74) is 4.74. The van der Waals surface area contributed by atoms with E-state index in [0.717, 1.165) is 43.5 Å². The number of esters is 1. The summed E-state index contributed by atoms with van der Waals surface area (Å²) in [5, 5.41) is 0.550. The molecule has 6 nitrogen and oxygen atoms in total. The molecule has 0 aliphatic carbocycles. The molecule has 1 saturated heterocycles. The molecule has 0 radical (unpaired) electrons. The van der Waals surface area contributed by atoms with E-state index < -0.39 is 11.9 Å². The molecular weight excluding hydrogens is 548 g/mol. The zero-order valence-corrected chi connectivity index (χ0v) is 25.0. The molecular formula is C35H37ClN2O4. The average Bonchev–Trinajstić information content (AvgIpc) is 3.00. The van der Waals surface area contributed by atoms with Gasteiger partial charge in [0, 0.05) is 41.7 Å². The number of amides is 2. The summed E-state index contributed by atoms with van der Waals surface area (Å²) in [4.78, 5) is 43.3. The standard InChI is InChI=1S/C35H37ClN2O4/c1-3-42-35(41)33-24(2)38(32(39)22-31(33)29-10-7-11-30(36)21-29)23-27-12-14-28(15-13-27)34(40)37-18-16-26(17-19-37)20-25-8-5-4-6-9-25/h4-15,21,26,31H,3,16-20,22-23H2,1-2H3/t31-/m1/s1. The Kier molecular flexibility index (Phi) is 9.43. The number of piperidine rings is 1. The first-order valence-electron chi connectivity index (χ1n) is 14.7. The molecule has 0 unspecified atom stereocenters. The molecule has 3 aromatic carbocycles. The number of carbonyl (C=O) groups excluding carboxylic acids is 3. The van der Waals surface area contributed by atoms with Gasteiger partial charge in [0.15, 0.2) is 0 Å². The lowest BCUT2D eigenvalue weighted by atomic mass is 9.83. The van der Waals surface area contributed by atoms with Crippen LogP contribution >= 0.6 is 11.6 Å². The van der Waals surface area contributed by atoms with Crippen LogP contribution in [0.3, 0.4) is 0 Å². The van der Waals surface area contributed by atoms with Crippen LogP contribution in [0.2, 0.25) is 5.02 Å². The second-order valence-corrected chi connectivity index (χ2v) is 11.6. The van der Waals surface area contributed by atoms with Gasteiger partial charge in [-0.2, -0.15) is 0 Å². The van der Waals surface area contributed by atoms with Crippen molar-refractivity contribution in [3.05, 3.63) is 117 Å². The SMILES string of the molecule is CCOC(=O)C1=C(C)N(Cc2ccc(C(=O)N3CCC(Cc4ccccc4)CC3)cc2)C(=O)C[C@@H]1c1cccc(Cl)c1. The number of nitrogens with zero attached hydrogens (tertiary/aromatic N) is 2. The molecule has 2 aliphatic rings. The third-order valence-corrected chi connectivity index (χ3v) is 8.61. The minimum atomic E-state index is -0.427. The molecule has 3 aromatic rings. The Bertz CT molecular complexity index is 1460. The normalized spacial score (nSPS) is 17.9. The van der Waals surface area contributed by atoms with E-state index in [2.05, 4.69) is 24.3 Å². The van der Waals surface area contributed by atoms with Crippen molar-refractivity contribution in [2.45, 2.75) is 52.0 Å². The molecule has 1 fully saturated rings. The highest BCUT2D eigenvalue weighted by atomic mass is 35.5. The van der Waals surface area contributed by atoms with E-state index in [-0.39, 0.29) is 24.8 Å². The van der Waals surface area contributed by atoms with E-state index in [0.29, 0.717) is 34.3 Å². The molecule has 42 heavy (non-hydrogen) atoms. The van der Waals surface area contributed by atoms with E-state index >= 15 is 0 Å². The molecule has 1 atom stereocenters. The zero-order valence-electron chi connectivity index (χ0n) is 24.2. The van der Waals surface area contributed by atoms with Crippen LogP contribution in [0.4, 0.5) is 0 Å². The third kappa shape index (κ3) is 6.76. The van der Waals surface area contributed by atoms with Gasteiger partial charge in [-0.1, -0.05) is 66.2 Å². The molecule has 0 aromatic heterocycles. The van der Waals surface area contributed by atoms with E-state index in [1.165, 1.54) is 5.56 Å². The summed E-state index contributed by atoms with van der Waals surface area (Å²) >= 11 is 6.23. The molecule has 2 aliphatic heterocycles. The van der Waals surface area contributed by atoms with Gasteiger partial charge in [-0.05, 0) is 80.0 Å². The highest BCUT2D eigenvalue weighted by Gasteiger charge is 2.37. The predicted octanol–water partition coefficient (Wildman–Crippen LogP) is 6.79. The maximum absolute atomic E-state index is 13.4. The van der Waals surface area contributed by atoms with E-state index in [1.54, 1.807) is 30.9 Å². The van der Waals surface area contributed by atoms with Crippen molar-refractivity contribution in [2.24, 2.45) is 5.92 Å². The molecule has 2 amide bonds. The van der Waals surface area contributed by atoms with Crippen LogP contribution < -0.4 is 0 Å². The monoisotopic (exact) mass is 584 g/mol. The Labute approximate surface area is 252 Å². The summed E-state index contributed by atoms with van der Waals surface area (Å²) < 4.78 is 5.39. The van der Waals surface area contributed by atoms with Gasteiger partial charge >= 0.3 is 5.97 Å². The van der Waals surface area contributed by atoms with Crippen LogP contribution in [0, 0.1) is 5.92 Å². The number of benzene rings is 3. The van der Waals surface area contributed by atoms with Gasteiger partial charge in [0.1, 0.15) is 0 Å². The quantitative estimate of drug-likeness (QED) is 0.274. The van der Waals surface area contributed by atoms with Crippen molar-refractivity contribution >= 4 is 29.4 Å². The van der Waals surface area contributed by atoms with Gasteiger partial charge in [0.05, 0.1) is 18.7 Å². The third-order valence-electron chi connectivity index (χ3n) is 8.38. The van der Waals surface area contributed by atoms with E-state index in [9.17, 15) is 14.4 Å². The van der Waals surface area contributed by atoms with Crippen molar-refractivity contribution in [1.29, 1.82) is 0 Å². The minimum absolute atomic E-state index is 0.0406. The van der Waals surface area contributed by atoms with Crippen molar-refractivity contribution in [1.82, 2.24) is 9.80 Å². The van der Waals surface area contributed by atoms with Gasteiger partial charge in [-0.3, -0.25) is 9.59 Å². The predicted molar refractivity (Wildman–Crippen MR) is 164 cm³/mol. The number of hydrogen-bond donors (Lipinski definition) is 0. The molecule has 5 rings (SSSR count). The first-order valence-corrected chi connectivity index (χ1v) is 15.1. The van der Waals surface area contributed by atoms with Crippen molar-refractivity contribution < 1.29 is 19.1 Å². The number of allylic oxidation sites excluding steroid dienone is 1. The Morgan fingerprint density at radius 2 is 1.64 bits per heavy atom. The fraction of sp³-hybridized carbons (Fsp3) is 0.343. The number of halogens is 1. The smallest absolute Gasteiger partial charge is 0.336 e. The second-order valence-electron chi connectivity index (χ2n) is 11.1. The number of ether oxygens (including phenoxy) is 1. The second kappa shape index (κ2) is 13.4. The van der Waals surface area contributed by atoms with Crippen LogP contribution in [-0.2, 0) is 27.3 Å². The number of rotatable bonds is 8. The Balaban J connectivity index is 1.26. The Morgan fingerprint density at radius 3 is 2.31 bits per heavy atom. The Morgan fingerprint density at radius 1 is 0.929 bits per heavy atom. The summed E-state index contributed by atoms with van der Waals surface area (Å²) in [5.74, 6) is -0.299. The topological polar surface area (TPSA) is 66.9 Å². The van der Waals surface area contributed by atoms with Gasteiger partial charge < -0.3 is 14.5 Å². The van der Waals surface area contributed by atoms with Crippen LogP contribution in [0.1, 0.15) is 66.1 Å². The number of carbonyl (C=O) groups is 3. The first kappa shape index (κ1) is 29.6. The maximum atomic E-state index is 13.4. The molecule has 7 heteroatoms. The van der Waals surface area contributed by atoms with Gasteiger partial charge in [0.25, 0.3) is 5.91 Å². The number of hydrogen-bond acceptors (Lipinski definition) is 4. The van der Waals surface area contributed by atoms with Crippen LogP contribution in [-0.4, -0.2) is 47.3 Å². The van der Waals surface area contributed by atoms with Crippen molar-refractivity contribution in [2.75, 3.05) is 19.7 Å². The summed E-state index contributed by atoms with van der Waals surface area (Å²) in [6.45, 7) is 5.62. The molecule has 2 heterocycles. The Hall–Kier alpha value is -3.90. The summed E-state index contributed by atoms with van der Waals surface area (Å²) in [6, 6.07) is 25.3. The minimum Gasteiger partial charge on any atom is -0.463 e. The summed E-state index contributed by atoms with van der Waals surface area (Å²) in [6.07, 6.45) is 3.20. The van der Waals surface area contributed by atoms with E-state index in [4.69, 9.17) is 16.3 Å². The molecule has 0 bridgehead atoms. The lowest BCUT2D eigenvalue weighted by molar-refractivity contribution is -0.140. The van der Waals surface area contributed by atoms with Crippen molar-refractivity contribution in [3.63, 3.8) is 0 Å². The number of likely N-dealkylation sites (tertiary alicyclic amines) is 1. The van der Waals surface area contributed by atoms with Crippen molar-refractivity contribution in [3.8, 4) is 0 Å². The van der Waals surface area contributed by atoms with Crippen LogP contribution in [0.15, 0.2) is 90.1 Å². The molecule has 218 valence electrons. The zero-order chi connectivity index (χ0) is 29.6.